The third-order valence-electron chi connectivity index (χ3n) is 1.55. The number of aromatic amines is 1. The van der Waals surface area contributed by atoms with Crippen molar-refractivity contribution < 1.29 is 13.6 Å². The second-order valence-electron chi connectivity index (χ2n) is 2.42. The summed E-state index contributed by atoms with van der Waals surface area (Å²) in [4.78, 5) is 24.0. The van der Waals surface area contributed by atoms with Crippen LogP contribution in [0.2, 0.25) is 5.15 Å². The number of nitrogens with one attached hydrogen (secondary N) is 1. The van der Waals surface area contributed by atoms with Crippen molar-refractivity contribution in [2.24, 2.45) is 5.73 Å². The summed E-state index contributed by atoms with van der Waals surface area (Å²) >= 11 is 5.31. The van der Waals surface area contributed by atoms with Crippen LogP contribution in [0.3, 0.4) is 0 Å². The van der Waals surface area contributed by atoms with Crippen molar-refractivity contribution in [2.45, 2.75) is 6.43 Å². The summed E-state index contributed by atoms with van der Waals surface area (Å²) in [6, 6.07) is 0. The lowest BCUT2D eigenvalue weighted by Crippen LogP contribution is -2.25. The maximum atomic E-state index is 12.3. The van der Waals surface area contributed by atoms with E-state index in [0.717, 1.165) is 6.20 Å². The van der Waals surface area contributed by atoms with Gasteiger partial charge in [0.25, 0.3) is 12.3 Å². The van der Waals surface area contributed by atoms with E-state index in [1.807, 2.05) is 0 Å². The highest BCUT2D eigenvalue weighted by atomic mass is 35.5. The minimum Gasteiger partial charge on any atom is -0.365 e. The van der Waals surface area contributed by atoms with Crippen LogP contribution in [-0.4, -0.2) is 10.9 Å². The number of primary amides is 1. The molecule has 1 rings (SSSR count). The molecule has 0 aliphatic carbocycles. The molecular formula is C7H5ClF2N2O2. The molecule has 0 aliphatic heterocycles. The highest BCUT2D eigenvalue weighted by molar-refractivity contribution is 6.30. The Balaban J connectivity index is 3.50. The summed E-state index contributed by atoms with van der Waals surface area (Å²) in [5, 5.41) is -0.491. The average Bonchev–Trinajstić information content (AvgIpc) is 2.02. The number of alkyl halides is 2. The maximum Gasteiger partial charge on any atom is 0.270 e. The first-order chi connectivity index (χ1) is 6.45. The Kier molecular flexibility index (Phi) is 2.85. The maximum absolute atomic E-state index is 12.3. The number of nitrogens with two attached hydrogens (primary N) is 1. The molecule has 14 heavy (non-hydrogen) atoms. The largest absolute Gasteiger partial charge is 0.365 e. The number of amides is 1. The van der Waals surface area contributed by atoms with Crippen LogP contribution in [0.15, 0.2) is 11.0 Å². The minimum atomic E-state index is -3.05. The molecule has 0 unspecified atom stereocenters. The molecule has 7 heteroatoms. The van der Waals surface area contributed by atoms with E-state index >= 15 is 0 Å². The Bertz CT molecular complexity index is 430. The van der Waals surface area contributed by atoms with Crippen molar-refractivity contribution in [3.05, 3.63) is 32.7 Å². The van der Waals surface area contributed by atoms with Crippen molar-refractivity contribution in [3.8, 4) is 0 Å². The molecule has 1 aromatic heterocycles. The van der Waals surface area contributed by atoms with Crippen LogP contribution in [0.4, 0.5) is 8.78 Å². The molecule has 3 N–H and O–H groups in total. The topological polar surface area (TPSA) is 76.0 Å². The Morgan fingerprint density at radius 1 is 1.57 bits per heavy atom. The zero-order chi connectivity index (χ0) is 10.9. The highest BCUT2D eigenvalue weighted by Crippen LogP contribution is 2.21. The van der Waals surface area contributed by atoms with Gasteiger partial charge >= 0.3 is 0 Å². The van der Waals surface area contributed by atoms with Crippen molar-refractivity contribution >= 4 is 17.5 Å². The summed E-state index contributed by atoms with van der Waals surface area (Å²) < 4.78 is 24.6. The van der Waals surface area contributed by atoms with Gasteiger partial charge in [-0.3, -0.25) is 9.59 Å². The predicted molar refractivity (Wildman–Crippen MR) is 45.5 cm³/mol. The van der Waals surface area contributed by atoms with Crippen LogP contribution in [0.1, 0.15) is 22.3 Å². The zero-order valence-corrected chi connectivity index (χ0v) is 7.44. The summed E-state index contributed by atoms with van der Waals surface area (Å²) in [5.41, 5.74) is 2.17. The number of carbonyl (C=O) groups excluding carboxylic acids is 1. The van der Waals surface area contributed by atoms with Gasteiger partial charge in [-0.25, -0.2) is 8.78 Å². The highest BCUT2D eigenvalue weighted by Gasteiger charge is 2.20. The van der Waals surface area contributed by atoms with E-state index in [9.17, 15) is 18.4 Å². The second-order valence-corrected chi connectivity index (χ2v) is 2.80. The van der Waals surface area contributed by atoms with Crippen molar-refractivity contribution in [2.75, 3.05) is 0 Å². The van der Waals surface area contributed by atoms with E-state index in [0.29, 0.717) is 0 Å². The van der Waals surface area contributed by atoms with Crippen LogP contribution in [-0.2, 0) is 0 Å². The SMILES string of the molecule is NC(=O)c1c[nH]c(Cl)c(C(F)F)c1=O. The van der Waals surface area contributed by atoms with E-state index in [1.54, 1.807) is 0 Å². The van der Waals surface area contributed by atoms with Gasteiger partial charge in [0.05, 0.1) is 0 Å². The Morgan fingerprint density at radius 3 is 2.57 bits per heavy atom. The van der Waals surface area contributed by atoms with Gasteiger partial charge in [0.15, 0.2) is 0 Å². The molecule has 0 spiro atoms. The molecule has 4 nitrogen and oxygen atoms in total. The number of aromatic nitrogens is 1. The summed E-state index contributed by atoms with van der Waals surface area (Å²) in [5.74, 6) is -1.08. The van der Waals surface area contributed by atoms with E-state index in [-0.39, 0.29) is 0 Å². The number of halogens is 3. The van der Waals surface area contributed by atoms with E-state index < -0.39 is 34.0 Å². The van der Waals surface area contributed by atoms with Crippen LogP contribution in [0.5, 0.6) is 0 Å². The van der Waals surface area contributed by atoms with Gasteiger partial charge in [-0.15, -0.1) is 0 Å². The smallest absolute Gasteiger partial charge is 0.270 e. The van der Waals surface area contributed by atoms with Crippen molar-refractivity contribution in [1.82, 2.24) is 4.98 Å². The molecule has 1 amide bonds. The van der Waals surface area contributed by atoms with E-state index in [4.69, 9.17) is 17.3 Å². The summed E-state index contributed by atoms with van der Waals surface area (Å²) in [6.07, 6.45) is -2.15. The van der Waals surface area contributed by atoms with Gasteiger partial charge in [-0.2, -0.15) is 0 Å². The molecule has 1 heterocycles. The lowest BCUT2D eigenvalue weighted by molar-refractivity contribution is 0.0998. The fraction of sp³-hybridized carbons (Fsp3) is 0.143. The first-order valence-electron chi connectivity index (χ1n) is 3.44. The van der Waals surface area contributed by atoms with Gasteiger partial charge in [-0.1, -0.05) is 11.6 Å². The van der Waals surface area contributed by atoms with Gasteiger partial charge in [0.1, 0.15) is 16.3 Å². The van der Waals surface area contributed by atoms with Crippen LogP contribution >= 0.6 is 11.6 Å². The van der Waals surface area contributed by atoms with E-state index in [1.165, 1.54) is 0 Å². The zero-order valence-electron chi connectivity index (χ0n) is 6.68. The Morgan fingerprint density at radius 2 is 2.14 bits per heavy atom. The van der Waals surface area contributed by atoms with Gasteiger partial charge in [0, 0.05) is 6.20 Å². The molecule has 0 fully saturated rings. The molecule has 1 aromatic rings. The molecule has 0 aliphatic rings. The average molecular weight is 223 g/mol. The quantitative estimate of drug-likeness (QED) is 0.735. The number of H-pyrrole nitrogens is 1. The van der Waals surface area contributed by atoms with E-state index in [2.05, 4.69) is 4.98 Å². The van der Waals surface area contributed by atoms with Crippen LogP contribution in [0.25, 0.3) is 0 Å². The number of rotatable bonds is 2. The summed E-state index contributed by atoms with van der Waals surface area (Å²) in [6.45, 7) is 0. The van der Waals surface area contributed by atoms with Gasteiger partial charge < -0.3 is 10.7 Å². The number of carbonyl (C=O) groups is 1. The van der Waals surface area contributed by atoms with Crippen LogP contribution in [0, 0.1) is 0 Å². The molecule has 0 aromatic carbocycles. The number of pyridine rings is 1. The Hall–Kier alpha value is -1.43. The normalized spacial score (nSPS) is 10.6. The van der Waals surface area contributed by atoms with Crippen LogP contribution < -0.4 is 11.2 Å². The van der Waals surface area contributed by atoms with Crippen molar-refractivity contribution in [3.63, 3.8) is 0 Å². The third kappa shape index (κ3) is 1.74. The predicted octanol–water partition coefficient (Wildman–Crippen LogP) is 1.06. The molecule has 0 saturated heterocycles. The van der Waals surface area contributed by atoms with Gasteiger partial charge in [-0.05, 0) is 0 Å². The standard InChI is InChI=1S/C7H5ClF2N2O2/c8-5-3(6(9)10)4(13)2(1-12-5)7(11)14/h1,6H,(H2,11,14)(H,12,13). The molecule has 0 atom stereocenters. The number of hydrogen-bond acceptors (Lipinski definition) is 2. The molecule has 76 valence electrons. The first-order valence-corrected chi connectivity index (χ1v) is 3.82. The third-order valence-corrected chi connectivity index (χ3v) is 1.87. The molecule has 0 saturated carbocycles. The minimum absolute atomic E-state index is 0.491. The Labute approximate surface area is 81.7 Å². The van der Waals surface area contributed by atoms with Crippen molar-refractivity contribution in [1.29, 1.82) is 0 Å². The lowest BCUT2D eigenvalue weighted by atomic mass is 10.2. The molecule has 0 radical (unpaired) electrons. The monoisotopic (exact) mass is 222 g/mol. The molecular weight excluding hydrogens is 218 g/mol. The number of hydrogen-bond donors (Lipinski definition) is 2. The van der Waals surface area contributed by atoms with Gasteiger partial charge in [0.2, 0.25) is 5.43 Å². The summed E-state index contributed by atoms with van der Waals surface area (Å²) in [7, 11) is 0. The lowest BCUT2D eigenvalue weighted by Gasteiger charge is -2.03. The second kappa shape index (κ2) is 3.75. The fourth-order valence-corrected chi connectivity index (χ4v) is 1.12. The molecule has 0 bridgehead atoms. The first kappa shape index (κ1) is 10.6. The fourth-order valence-electron chi connectivity index (χ4n) is 0.902.